The van der Waals surface area contributed by atoms with E-state index in [2.05, 4.69) is 27.4 Å². The van der Waals surface area contributed by atoms with Gasteiger partial charge in [-0.05, 0) is 12.6 Å². The Morgan fingerprint density at radius 2 is 2.25 bits per heavy atom. The molecule has 0 spiro atoms. The van der Waals surface area contributed by atoms with Crippen molar-refractivity contribution in [2.24, 2.45) is 7.05 Å². The van der Waals surface area contributed by atoms with E-state index in [0.29, 0.717) is 13.1 Å². The number of nitrogens with zero attached hydrogens (tertiary/aromatic N) is 5. The van der Waals surface area contributed by atoms with Crippen LogP contribution >= 0.6 is 0 Å². The highest BCUT2D eigenvalue weighted by Gasteiger charge is 2.02. The molecule has 0 atom stereocenters. The van der Waals surface area contributed by atoms with Gasteiger partial charge >= 0.3 is 0 Å². The fourth-order valence-corrected chi connectivity index (χ4v) is 1.44. The van der Waals surface area contributed by atoms with Gasteiger partial charge in [0.15, 0.2) is 5.82 Å². The van der Waals surface area contributed by atoms with E-state index >= 15 is 0 Å². The first kappa shape index (κ1) is 10.8. The Balaban J connectivity index is 1.97. The monoisotopic (exact) mass is 220 g/mol. The minimum Gasteiger partial charge on any atom is -0.310 e. The first-order chi connectivity index (χ1) is 7.78. The predicted molar refractivity (Wildman–Crippen MR) is 59.7 cm³/mol. The zero-order chi connectivity index (χ0) is 11.4. The van der Waals surface area contributed by atoms with Gasteiger partial charge in [0.1, 0.15) is 6.33 Å². The van der Waals surface area contributed by atoms with Crippen LogP contribution in [0.1, 0.15) is 18.4 Å². The molecule has 0 radical (unpaired) electrons. The largest absolute Gasteiger partial charge is 0.310 e. The van der Waals surface area contributed by atoms with Crippen molar-refractivity contribution in [3.63, 3.8) is 0 Å². The standard InChI is InChI=1S/C10H16N6/c1-3-11-6-10-12-8-16(14-10)7-9-4-5-15(2)13-9/h4-5,8,11H,3,6-7H2,1-2H3. The molecule has 2 rings (SSSR count). The smallest absolute Gasteiger partial charge is 0.164 e. The van der Waals surface area contributed by atoms with Crippen molar-refractivity contribution in [1.82, 2.24) is 29.9 Å². The predicted octanol–water partition coefficient (Wildman–Crippen LogP) is 0.169. The third kappa shape index (κ3) is 2.66. The van der Waals surface area contributed by atoms with E-state index in [0.717, 1.165) is 18.1 Å². The van der Waals surface area contributed by atoms with E-state index < -0.39 is 0 Å². The SMILES string of the molecule is CCNCc1ncn(Cc2ccn(C)n2)n1. The molecule has 0 unspecified atom stereocenters. The van der Waals surface area contributed by atoms with Crippen LogP contribution in [0, 0.1) is 0 Å². The summed E-state index contributed by atoms with van der Waals surface area (Å²) in [6.07, 6.45) is 3.66. The van der Waals surface area contributed by atoms with E-state index in [9.17, 15) is 0 Å². The van der Waals surface area contributed by atoms with Crippen molar-refractivity contribution in [3.05, 3.63) is 30.1 Å². The first-order valence-corrected chi connectivity index (χ1v) is 5.35. The number of aromatic nitrogens is 5. The Morgan fingerprint density at radius 3 is 2.94 bits per heavy atom. The minimum absolute atomic E-state index is 0.667. The van der Waals surface area contributed by atoms with E-state index in [-0.39, 0.29) is 0 Å². The topological polar surface area (TPSA) is 60.6 Å². The molecule has 6 nitrogen and oxygen atoms in total. The van der Waals surface area contributed by atoms with E-state index in [4.69, 9.17) is 0 Å². The van der Waals surface area contributed by atoms with Crippen LogP contribution in [0.15, 0.2) is 18.6 Å². The number of rotatable bonds is 5. The van der Waals surface area contributed by atoms with Crippen LogP contribution in [0.4, 0.5) is 0 Å². The van der Waals surface area contributed by atoms with Crippen LogP contribution in [0.3, 0.4) is 0 Å². The molecular formula is C10H16N6. The first-order valence-electron chi connectivity index (χ1n) is 5.35. The van der Waals surface area contributed by atoms with Gasteiger partial charge in [-0.3, -0.25) is 4.68 Å². The Kier molecular flexibility index (Phi) is 3.31. The number of hydrogen-bond acceptors (Lipinski definition) is 4. The maximum Gasteiger partial charge on any atom is 0.164 e. The van der Waals surface area contributed by atoms with Gasteiger partial charge in [0.05, 0.1) is 18.8 Å². The molecule has 0 fully saturated rings. The molecule has 2 aromatic heterocycles. The molecule has 0 aromatic carbocycles. The summed E-state index contributed by atoms with van der Waals surface area (Å²) in [7, 11) is 1.90. The van der Waals surface area contributed by atoms with Crippen LogP contribution in [0.25, 0.3) is 0 Å². The van der Waals surface area contributed by atoms with Crippen molar-refractivity contribution < 1.29 is 0 Å². The summed E-state index contributed by atoms with van der Waals surface area (Å²) in [6, 6.07) is 1.98. The second-order valence-corrected chi connectivity index (χ2v) is 3.62. The van der Waals surface area contributed by atoms with Crippen LogP contribution in [0.2, 0.25) is 0 Å². The number of nitrogens with one attached hydrogen (secondary N) is 1. The summed E-state index contributed by atoms with van der Waals surface area (Å²) >= 11 is 0. The molecule has 6 heteroatoms. The molecule has 0 aliphatic heterocycles. The Morgan fingerprint density at radius 1 is 1.38 bits per heavy atom. The lowest BCUT2D eigenvalue weighted by molar-refractivity contribution is 0.625. The molecular weight excluding hydrogens is 204 g/mol. The number of aryl methyl sites for hydroxylation is 1. The van der Waals surface area contributed by atoms with Gasteiger partial charge in [-0.2, -0.15) is 10.2 Å². The Bertz CT molecular complexity index is 444. The van der Waals surface area contributed by atoms with E-state index in [1.54, 1.807) is 15.7 Å². The van der Waals surface area contributed by atoms with Crippen molar-refractivity contribution >= 4 is 0 Å². The highest BCUT2D eigenvalue weighted by Crippen LogP contribution is 1.98. The van der Waals surface area contributed by atoms with Crippen LogP contribution in [-0.2, 0) is 20.1 Å². The summed E-state index contributed by atoms with van der Waals surface area (Å²) in [5.41, 5.74) is 0.988. The van der Waals surface area contributed by atoms with Crippen molar-refractivity contribution in [2.75, 3.05) is 6.54 Å². The lowest BCUT2D eigenvalue weighted by atomic mass is 10.4. The fraction of sp³-hybridized carbons (Fsp3) is 0.500. The molecule has 0 saturated carbocycles. The van der Waals surface area contributed by atoms with Gasteiger partial charge in [0.2, 0.25) is 0 Å². The van der Waals surface area contributed by atoms with Crippen LogP contribution in [-0.4, -0.2) is 31.1 Å². The van der Waals surface area contributed by atoms with Gasteiger partial charge in [0.25, 0.3) is 0 Å². The molecule has 2 aromatic rings. The van der Waals surface area contributed by atoms with Crippen molar-refractivity contribution in [3.8, 4) is 0 Å². The van der Waals surface area contributed by atoms with Gasteiger partial charge in [0, 0.05) is 13.2 Å². The number of hydrogen-bond donors (Lipinski definition) is 1. The lowest BCUT2D eigenvalue weighted by Crippen LogP contribution is -2.13. The second-order valence-electron chi connectivity index (χ2n) is 3.62. The van der Waals surface area contributed by atoms with E-state index in [1.165, 1.54) is 0 Å². The Labute approximate surface area is 94.3 Å². The molecule has 2 heterocycles. The summed E-state index contributed by atoms with van der Waals surface area (Å²) < 4.78 is 3.58. The quantitative estimate of drug-likeness (QED) is 0.780. The summed E-state index contributed by atoms with van der Waals surface area (Å²) in [4.78, 5) is 4.21. The Hall–Kier alpha value is -1.69. The van der Waals surface area contributed by atoms with Crippen molar-refractivity contribution in [2.45, 2.75) is 20.0 Å². The molecule has 0 aliphatic carbocycles. The molecule has 0 bridgehead atoms. The molecule has 16 heavy (non-hydrogen) atoms. The normalized spacial score (nSPS) is 10.9. The zero-order valence-electron chi connectivity index (χ0n) is 9.59. The van der Waals surface area contributed by atoms with Gasteiger partial charge < -0.3 is 5.32 Å². The van der Waals surface area contributed by atoms with Crippen LogP contribution < -0.4 is 5.32 Å². The van der Waals surface area contributed by atoms with Crippen molar-refractivity contribution in [1.29, 1.82) is 0 Å². The van der Waals surface area contributed by atoms with Gasteiger partial charge in [-0.25, -0.2) is 9.67 Å². The van der Waals surface area contributed by atoms with Gasteiger partial charge in [-0.1, -0.05) is 6.92 Å². The molecule has 1 N–H and O–H groups in total. The molecule has 0 amide bonds. The average Bonchev–Trinajstić information content (AvgIpc) is 2.86. The molecule has 0 aliphatic rings. The highest BCUT2D eigenvalue weighted by atomic mass is 15.3. The maximum absolute atomic E-state index is 4.35. The highest BCUT2D eigenvalue weighted by molar-refractivity contribution is 4.99. The van der Waals surface area contributed by atoms with Gasteiger partial charge in [-0.15, -0.1) is 0 Å². The summed E-state index contributed by atoms with van der Waals surface area (Å²) in [6.45, 7) is 4.37. The maximum atomic E-state index is 4.35. The molecule has 0 saturated heterocycles. The van der Waals surface area contributed by atoms with E-state index in [1.807, 2.05) is 19.3 Å². The average molecular weight is 220 g/mol. The second kappa shape index (κ2) is 4.89. The minimum atomic E-state index is 0.667. The fourth-order valence-electron chi connectivity index (χ4n) is 1.44. The lowest BCUT2D eigenvalue weighted by Gasteiger charge is -1.97. The molecule has 86 valence electrons. The van der Waals surface area contributed by atoms with Crippen LogP contribution in [0.5, 0.6) is 0 Å². The summed E-state index contributed by atoms with van der Waals surface area (Å²) in [5, 5.41) is 11.8. The summed E-state index contributed by atoms with van der Waals surface area (Å²) in [5.74, 6) is 0.817. The third-order valence-electron chi connectivity index (χ3n) is 2.21. The zero-order valence-corrected chi connectivity index (χ0v) is 9.59. The third-order valence-corrected chi connectivity index (χ3v) is 2.21.